The number of ether oxygens (including phenoxy) is 1. The van der Waals surface area contributed by atoms with Crippen molar-refractivity contribution >= 4 is 29.9 Å². The molecule has 0 aromatic heterocycles. The van der Waals surface area contributed by atoms with Crippen LogP contribution in [0.25, 0.3) is 0 Å². The van der Waals surface area contributed by atoms with E-state index in [1.807, 2.05) is 7.05 Å². The van der Waals surface area contributed by atoms with Crippen LogP contribution in [-0.4, -0.2) is 50.3 Å². The molecule has 1 aliphatic rings. The van der Waals surface area contributed by atoms with Crippen molar-refractivity contribution in [2.75, 3.05) is 33.3 Å². The summed E-state index contributed by atoms with van der Waals surface area (Å²) in [5.41, 5.74) is 3.93. The summed E-state index contributed by atoms with van der Waals surface area (Å²) in [5, 5.41) is 6.74. The van der Waals surface area contributed by atoms with Gasteiger partial charge in [0.1, 0.15) is 0 Å². The van der Waals surface area contributed by atoms with E-state index in [-0.39, 0.29) is 24.0 Å². The van der Waals surface area contributed by atoms with Gasteiger partial charge in [-0.25, -0.2) is 0 Å². The number of rotatable bonds is 9. The molecule has 0 amide bonds. The van der Waals surface area contributed by atoms with Crippen LogP contribution in [0.5, 0.6) is 0 Å². The number of halogens is 1. The summed E-state index contributed by atoms with van der Waals surface area (Å²) in [5.74, 6) is 0.838. The Morgan fingerprint density at radius 3 is 2.39 bits per heavy atom. The highest BCUT2D eigenvalue weighted by Crippen LogP contribution is 2.16. The van der Waals surface area contributed by atoms with Crippen molar-refractivity contribution in [1.82, 2.24) is 15.5 Å². The zero-order valence-corrected chi connectivity index (χ0v) is 21.2. The molecule has 2 N–H and O–H groups in total. The van der Waals surface area contributed by atoms with Crippen molar-refractivity contribution in [3.05, 3.63) is 71.3 Å². The number of hydrogen-bond acceptors (Lipinski definition) is 3. The van der Waals surface area contributed by atoms with Gasteiger partial charge in [0.05, 0.1) is 6.10 Å². The van der Waals surface area contributed by atoms with E-state index < -0.39 is 0 Å². The molecule has 0 spiro atoms. The molecule has 1 heterocycles. The molecule has 6 heteroatoms. The summed E-state index contributed by atoms with van der Waals surface area (Å²) in [7, 11) is 1.81. The highest BCUT2D eigenvalue weighted by molar-refractivity contribution is 14.0. The van der Waals surface area contributed by atoms with Crippen molar-refractivity contribution in [3.8, 4) is 0 Å². The van der Waals surface area contributed by atoms with Crippen molar-refractivity contribution in [3.63, 3.8) is 0 Å². The molecule has 1 fully saturated rings. The van der Waals surface area contributed by atoms with Gasteiger partial charge in [0, 0.05) is 46.4 Å². The van der Waals surface area contributed by atoms with Gasteiger partial charge < -0.3 is 15.4 Å². The number of piperidine rings is 1. The fourth-order valence-electron chi connectivity index (χ4n) is 3.72. The summed E-state index contributed by atoms with van der Waals surface area (Å²) in [6.07, 6.45) is 3.63. The number of aliphatic imine (C=N–C) groups is 1. The molecular formula is C25H37IN4O. The molecule has 1 aliphatic heterocycles. The van der Waals surface area contributed by atoms with E-state index in [1.165, 1.54) is 16.7 Å². The molecule has 2 aromatic rings. The summed E-state index contributed by atoms with van der Waals surface area (Å²) in [6, 6.07) is 19.3. The number of aryl methyl sites for hydroxylation is 1. The van der Waals surface area contributed by atoms with E-state index in [0.717, 1.165) is 64.6 Å². The van der Waals surface area contributed by atoms with Gasteiger partial charge in [-0.05, 0) is 37.3 Å². The summed E-state index contributed by atoms with van der Waals surface area (Å²) >= 11 is 0. The molecule has 5 nitrogen and oxygen atoms in total. The van der Waals surface area contributed by atoms with Gasteiger partial charge in [-0.3, -0.25) is 9.89 Å². The van der Waals surface area contributed by atoms with Crippen LogP contribution in [0.2, 0.25) is 0 Å². The maximum Gasteiger partial charge on any atom is 0.191 e. The van der Waals surface area contributed by atoms with Crippen LogP contribution in [0.1, 0.15) is 36.0 Å². The highest BCUT2D eigenvalue weighted by Gasteiger charge is 2.19. The lowest BCUT2D eigenvalue weighted by Gasteiger charge is -2.32. The molecule has 3 rings (SSSR count). The highest BCUT2D eigenvalue weighted by atomic mass is 127. The number of guanidine groups is 1. The molecule has 2 aromatic carbocycles. The largest absolute Gasteiger partial charge is 0.378 e. The van der Waals surface area contributed by atoms with Gasteiger partial charge >= 0.3 is 0 Å². The Balaban J connectivity index is 0.00000341. The average molecular weight is 537 g/mol. The smallest absolute Gasteiger partial charge is 0.191 e. The van der Waals surface area contributed by atoms with Crippen molar-refractivity contribution in [1.29, 1.82) is 0 Å². The number of benzene rings is 2. The molecule has 0 saturated carbocycles. The normalized spacial score (nSPS) is 15.4. The predicted octanol–water partition coefficient (Wildman–Crippen LogP) is 4.35. The van der Waals surface area contributed by atoms with Crippen LogP contribution in [0.4, 0.5) is 0 Å². The third kappa shape index (κ3) is 9.58. The average Bonchev–Trinajstić information content (AvgIpc) is 2.78. The second-order valence-corrected chi connectivity index (χ2v) is 8.02. The first kappa shape index (κ1) is 25.6. The molecule has 0 radical (unpaired) electrons. The topological polar surface area (TPSA) is 48.9 Å². The van der Waals surface area contributed by atoms with Crippen LogP contribution in [0, 0.1) is 6.92 Å². The fraction of sp³-hybridized carbons (Fsp3) is 0.480. The molecule has 170 valence electrons. The third-order valence-electron chi connectivity index (χ3n) is 5.55. The lowest BCUT2D eigenvalue weighted by atomic mass is 10.1. The third-order valence-corrected chi connectivity index (χ3v) is 5.55. The molecule has 31 heavy (non-hydrogen) atoms. The maximum atomic E-state index is 6.11. The first-order valence-corrected chi connectivity index (χ1v) is 11.1. The molecule has 0 aliphatic carbocycles. The summed E-state index contributed by atoms with van der Waals surface area (Å²) in [4.78, 5) is 6.83. The van der Waals surface area contributed by atoms with Gasteiger partial charge in [-0.2, -0.15) is 0 Å². The van der Waals surface area contributed by atoms with Gasteiger partial charge in [-0.15, -0.1) is 24.0 Å². The Kier molecular flexibility index (Phi) is 11.9. The Labute approximate surface area is 204 Å². The number of hydrogen-bond donors (Lipinski definition) is 2. The summed E-state index contributed by atoms with van der Waals surface area (Å²) < 4.78 is 6.11. The zero-order chi connectivity index (χ0) is 21.0. The molecule has 1 saturated heterocycles. The summed E-state index contributed by atoms with van der Waals surface area (Å²) in [6.45, 7) is 7.82. The monoisotopic (exact) mass is 536 g/mol. The maximum absolute atomic E-state index is 6.11. The van der Waals surface area contributed by atoms with E-state index in [0.29, 0.717) is 6.10 Å². The molecular weight excluding hydrogens is 499 g/mol. The Hall–Kier alpha value is -1.64. The standard InChI is InChI=1S/C25H36N4O.HI/c1-21-9-11-22(12-10-21)19-28-25(26-2)27-15-6-18-30-24-13-16-29(17-14-24)20-23-7-4-3-5-8-23;/h3-5,7-12,24H,6,13-20H2,1-2H3,(H2,26,27,28);1H. The minimum Gasteiger partial charge on any atom is -0.378 e. The van der Waals surface area contributed by atoms with E-state index in [4.69, 9.17) is 4.74 Å². The second-order valence-electron chi connectivity index (χ2n) is 8.02. The van der Waals surface area contributed by atoms with Gasteiger partial charge in [-0.1, -0.05) is 60.2 Å². The lowest BCUT2D eigenvalue weighted by molar-refractivity contribution is 0.00534. The number of nitrogens with one attached hydrogen (secondary N) is 2. The van der Waals surface area contributed by atoms with Crippen molar-refractivity contribution in [2.24, 2.45) is 4.99 Å². The number of nitrogens with zero attached hydrogens (tertiary/aromatic N) is 2. The molecule has 0 atom stereocenters. The quantitative estimate of drug-likeness (QED) is 0.217. The van der Waals surface area contributed by atoms with Crippen LogP contribution >= 0.6 is 24.0 Å². The van der Waals surface area contributed by atoms with Crippen molar-refractivity contribution < 1.29 is 4.74 Å². The molecule has 0 unspecified atom stereocenters. The lowest BCUT2D eigenvalue weighted by Crippen LogP contribution is -2.38. The van der Waals surface area contributed by atoms with Crippen molar-refractivity contribution in [2.45, 2.75) is 45.4 Å². The fourth-order valence-corrected chi connectivity index (χ4v) is 3.72. The first-order chi connectivity index (χ1) is 14.7. The first-order valence-electron chi connectivity index (χ1n) is 11.1. The van der Waals surface area contributed by atoms with Gasteiger partial charge in [0.25, 0.3) is 0 Å². The SMILES string of the molecule is CN=C(NCCCOC1CCN(Cc2ccccc2)CC1)NCc1ccc(C)cc1.I. The zero-order valence-electron chi connectivity index (χ0n) is 18.8. The minimum atomic E-state index is 0. The predicted molar refractivity (Wildman–Crippen MR) is 140 cm³/mol. The Morgan fingerprint density at radius 1 is 1.00 bits per heavy atom. The second kappa shape index (κ2) is 14.4. The van der Waals surface area contributed by atoms with E-state index in [1.54, 1.807) is 0 Å². The van der Waals surface area contributed by atoms with Gasteiger partial charge in [0.15, 0.2) is 5.96 Å². The van der Waals surface area contributed by atoms with E-state index >= 15 is 0 Å². The van der Waals surface area contributed by atoms with Crippen LogP contribution in [0.3, 0.4) is 0 Å². The van der Waals surface area contributed by atoms with Crippen LogP contribution < -0.4 is 10.6 Å². The Bertz CT molecular complexity index is 759. The number of likely N-dealkylation sites (tertiary alicyclic amines) is 1. The van der Waals surface area contributed by atoms with Crippen LogP contribution in [-0.2, 0) is 17.8 Å². The van der Waals surface area contributed by atoms with E-state index in [2.05, 4.69) is 82.0 Å². The van der Waals surface area contributed by atoms with Gasteiger partial charge in [0.2, 0.25) is 0 Å². The Morgan fingerprint density at radius 2 is 1.71 bits per heavy atom. The van der Waals surface area contributed by atoms with Crippen LogP contribution in [0.15, 0.2) is 59.6 Å². The molecule has 0 bridgehead atoms. The minimum absolute atomic E-state index is 0. The van der Waals surface area contributed by atoms with E-state index in [9.17, 15) is 0 Å².